The number of hydrogen-bond acceptors (Lipinski definition) is 9. The lowest BCUT2D eigenvalue weighted by Crippen LogP contribution is -2.06. The van der Waals surface area contributed by atoms with Crippen LogP contribution in [-0.4, -0.2) is 59.4 Å². The number of ether oxygens (including phenoxy) is 6. The molecule has 35 heavy (non-hydrogen) atoms. The van der Waals surface area contributed by atoms with E-state index in [0.717, 1.165) is 22.6 Å². The van der Waals surface area contributed by atoms with Gasteiger partial charge in [0.25, 0.3) is 0 Å². The molecule has 0 unspecified atom stereocenters. The molecule has 0 aliphatic carbocycles. The Hall–Kier alpha value is -3.75. The smallest absolute Gasteiger partial charge is 0.302 e. The average Bonchev–Trinajstić information content (AvgIpc) is 2.83. The normalized spacial score (nSPS) is 9.80. The molecule has 0 saturated heterocycles. The average molecular weight is 491 g/mol. The van der Waals surface area contributed by atoms with Crippen molar-refractivity contribution in [3.05, 3.63) is 47.0 Å². The summed E-state index contributed by atoms with van der Waals surface area (Å²) < 4.78 is 30.5. The Bertz CT molecular complexity index is 999. The van der Waals surface area contributed by atoms with Gasteiger partial charge in [-0.1, -0.05) is 6.07 Å². The molecule has 0 aliphatic heterocycles. The highest BCUT2D eigenvalue weighted by Crippen LogP contribution is 2.30. The van der Waals surface area contributed by atoms with Crippen LogP contribution in [0.15, 0.2) is 30.3 Å². The van der Waals surface area contributed by atoms with E-state index in [9.17, 15) is 14.4 Å². The van der Waals surface area contributed by atoms with Crippen LogP contribution in [0.5, 0.6) is 23.0 Å². The zero-order valence-corrected chi connectivity index (χ0v) is 21.4. The third-order valence-corrected chi connectivity index (χ3v) is 4.83. The molecule has 2 aromatic carbocycles. The first-order valence-corrected chi connectivity index (χ1v) is 10.9. The molecule has 0 bridgehead atoms. The second kappa shape index (κ2) is 15.2. The van der Waals surface area contributed by atoms with Crippen LogP contribution in [0.2, 0.25) is 0 Å². The summed E-state index contributed by atoms with van der Waals surface area (Å²) in [7, 11) is 6.24. The third-order valence-electron chi connectivity index (χ3n) is 4.83. The molecule has 9 nitrogen and oxygen atoms in total. The number of Topliss-reactive ketones (excluding diaryl/α,β-unsaturated/α-hetero) is 1. The summed E-state index contributed by atoms with van der Waals surface area (Å²) >= 11 is 0. The van der Waals surface area contributed by atoms with Gasteiger partial charge in [0.05, 0.1) is 47.2 Å². The molecule has 2 rings (SSSR count). The number of carbonyl (C=O) groups excluding carboxylic acids is 3. The highest BCUT2D eigenvalue weighted by atomic mass is 16.5. The summed E-state index contributed by atoms with van der Waals surface area (Å²) in [5.74, 6) is 1.87. The number of methoxy groups -OCH3 is 4. The minimum Gasteiger partial charge on any atom is -0.497 e. The molecule has 0 spiro atoms. The molecule has 192 valence electrons. The van der Waals surface area contributed by atoms with E-state index in [-0.39, 0.29) is 24.3 Å². The molecule has 0 amide bonds. The fourth-order valence-corrected chi connectivity index (χ4v) is 3.10. The Balaban J connectivity index is 0.000000355. The van der Waals surface area contributed by atoms with Gasteiger partial charge < -0.3 is 28.4 Å². The molecule has 0 N–H and O–H groups in total. The minimum atomic E-state index is -0.334. The first kappa shape index (κ1) is 29.3. The van der Waals surface area contributed by atoms with Gasteiger partial charge in [-0.2, -0.15) is 0 Å². The van der Waals surface area contributed by atoms with Crippen LogP contribution in [0.3, 0.4) is 0 Å². The van der Waals surface area contributed by atoms with Crippen molar-refractivity contribution in [3.8, 4) is 23.0 Å². The second-order valence-corrected chi connectivity index (χ2v) is 7.28. The van der Waals surface area contributed by atoms with Crippen LogP contribution in [0.25, 0.3) is 0 Å². The molecule has 0 aromatic heterocycles. The highest BCUT2D eigenvalue weighted by molar-refractivity contribution is 5.97. The van der Waals surface area contributed by atoms with E-state index in [1.165, 1.54) is 35.0 Å². The molecule has 0 heterocycles. The number of hydrogen-bond donors (Lipinski definition) is 0. The van der Waals surface area contributed by atoms with Gasteiger partial charge in [-0.3, -0.25) is 14.4 Å². The predicted octanol–water partition coefficient (Wildman–Crippen LogP) is 3.82. The van der Waals surface area contributed by atoms with Crippen LogP contribution in [0.1, 0.15) is 42.3 Å². The van der Waals surface area contributed by atoms with Crippen molar-refractivity contribution in [1.82, 2.24) is 0 Å². The second-order valence-electron chi connectivity index (χ2n) is 7.28. The number of rotatable bonds is 11. The third kappa shape index (κ3) is 9.95. The van der Waals surface area contributed by atoms with Crippen LogP contribution >= 0.6 is 0 Å². The predicted molar refractivity (Wildman–Crippen MR) is 130 cm³/mol. The molecule has 0 aliphatic rings. The maximum Gasteiger partial charge on any atom is 0.302 e. The van der Waals surface area contributed by atoms with Gasteiger partial charge in [0.2, 0.25) is 0 Å². The van der Waals surface area contributed by atoms with Crippen LogP contribution in [0.4, 0.5) is 0 Å². The monoisotopic (exact) mass is 490 g/mol. The highest BCUT2D eigenvalue weighted by Gasteiger charge is 2.14. The summed E-state index contributed by atoms with van der Waals surface area (Å²) in [6.07, 6.45) is 1.11. The lowest BCUT2D eigenvalue weighted by atomic mass is 10.0. The zero-order valence-electron chi connectivity index (χ0n) is 21.4. The first-order valence-electron chi connectivity index (χ1n) is 10.9. The van der Waals surface area contributed by atoms with Gasteiger partial charge >= 0.3 is 11.9 Å². The summed E-state index contributed by atoms with van der Waals surface area (Å²) in [5.41, 5.74) is 2.28. The van der Waals surface area contributed by atoms with E-state index >= 15 is 0 Å². The van der Waals surface area contributed by atoms with Crippen molar-refractivity contribution >= 4 is 17.7 Å². The van der Waals surface area contributed by atoms with Crippen LogP contribution < -0.4 is 18.9 Å². The Morgan fingerprint density at radius 1 is 0.629 bits per heavy atom. The molecular formula is C26H34O9. The number of ketones is 1. The van der Waals surface area contributed by atoms with Crippen LogP contribution in [-0.2, 0) is 31.9 Å². The first-order chi connectivity index (χ1) is 16.7. The topological polar surface area (TPSA) is 107 Å². The van der Waals surface area contributed by atoms with E-state index in [2.05, 4.69) is 0 Å². The standard InChI is InChI=1S/C14H18O5.C12H16O4/c1-9(15)12-7-11(5-6-19-10(2)16)13(17-3)8-14(12)18-4;1-9(13)16-7-6-10-4-5-11(14-2)8-12(10)15-3/h7-8H,5-6H2,1-4H3;4-5,8H,6-7H2,1-3H3. The zero-order chi connectivity index (χ0) is 26.4. The van der Waals surface area contributed by atoms with Gasteiger partial charge in [-0.05, 0) is 30.2 Å². The summed E-state index contributed by atoms with van der Waals surface area (Å²) in [6, 6.07) is 8.94. The van der Waals surface area contributed by atoms with Gasteiger partial charge in [0, 0.05) is 38.8 Å². The number of benzene rings is 2. The van der Waals surface area contributed by atoms with E-state index in [1.807, 2.05) is 18.2 Å². The Morgan fingerprint density at radius 3 is 1.60 bits per heavy atom. The van der Waals surface area contributed by atoms with Gasteiger partial charge in [-0.15, -0.1) is 0 Å². The number of esters is 2. The van der Waals surface area contributed by atoms with Crippen molar-refractivity contribution < 1.29 is 42.8 Å². The maximum atomic E-state index is 11.6. The lowest BCUT2D eigenvalue weighted by Gasteiger charge is -2.13. The maximum absolute atomic E-state index is 11.6. The fraction of sp³-hybridized carbons (Fsp3) is 0.423. The molecule has 0 radical (unpaired) electrons. The van der Waals surface area contributed by atoms with Crippen molar-refractivity contribution in [1.29, 1.82) is 0 Å². The molecule has 2 aromatic rings. The van der Waals surface area contributed by atoms with E-state index in [0.29, 0.717) is 36.5 Å². The van der Waals surface area contributed by atoms with Crippen molar-refractivity contribution in [3.63, 3.8) is 0 Å². The fourth-order valence-electron chi connectivity index (χ4n) is 3.10. The molecule has 0 saturated carbocycles. The van der Waals surface area contributed by atoms with E-state index in [4.69, 9.17) is 28.4 Å². The van der Waals surface area contributed by atoms with Gasteiger partial charge in [-0.25, -0.2) is 0 Å². The SMILES string of the molecule is COc1cc(OC)c(C(C)=O)cc1CCOC(C)=O.COc1ccc(CCOC(C)=O)c(OC)c1. The quantitative estimate of drug-likeness (QED) is 0.343. The number of carbonyl (C=O) groups is 3. The van der Waals surface area contributed by atoms with Gasteiger partial charge in [0.1, 0.15) is 23.0 Å². The minimum absolute atomic E-state index is 0.0896. The molecule has 0 fully saturated rings. The summed E-state index contributed by atoms with van der Waals surface area (Å²) in [6.45, 7) is 4.82. The van der Waals surface area contributed by atoms with Gasteiger partial charge in [0.15, 0.2) is 5.78 Å². The molecule has 9 heteroatoms. The van der Waals surface area contributed by atoms with Crippen molar-refractivity contribution in [2.45, 2.75) is 33.6 Å². The summed E-state index contributed by atoms with van der Waals surface area (Å²) in [4.78, 5) is 32.9. The van der Waals surface area contributed by atoms with E-state index < -0.39 is 0 Å². The lowest BCUT2D eigenvalue weighted by molar-refractivity contribution is -0.141. The Labute approximate surface area is 206 Å². The largest absolute Gasteiger partial charge is 0.497 e. The Kier molecular flexibility index (Phi) is 12.7. The van der Waals surface area contributed by atoms with Crippen LogP contribution in [0, 0.1) is 0 Å². The van der Waals surface area contributed by atoms with E-state index in [1.54, 1.807) is 26.4 Å². The molecular weight excluding hydrogens is 456 g/mol. The van der Waals surface area contributed by atoms with Crippen molar-refractivity contribution in [2.75, 3.05) is 41.7 Å². The molecule has 0 atom stereocenters. The van der Waals surface area contributed by atoms with Crippen molar-refractivity contribution in [2.24, 2.45) is 0 Å². The Morgan fingerprint density at radius 2 is 1.14 bits per heavy atom. The summed E-state index contributed by atoms with van der Waals surface area (Å²) in [5, 5.41) is 0.